The number of amides is 1. The van der Waals surface area contributed by atoms with Crippen molar-refractivity contribution in [2.45, 2.75) is 12.8 Å². The van der Waals surface area contributed by atoms with Gasteiger partial charge in [0.05, 0.1) is 0 Å². The summed E-state index contributed by atoms with van der Waals surface area (Å²) in [7, 11) is 1.92. The number of carbonyl (C=O) groups excluding carboxylic acids is 1. The van der Waals surface area contributed by atoms with Crippen molar-refractivity contribution in [2.24, 2.45) is 5.92 Å². The highest BCUT2D eigenvalue weighted by Crippen LogP contribution is 2.19. The van der Waals surface area contributed by atoms with Crippen molar-refractivity contribution in [1.82, 2.24) is 10.2 Å². The molecule has 4 nitrogen and oxygen atoms in total. The lowest BCUT2D eigenvalue weighted by Gasteiger charge is -2.31. The summed E-state index contributed by atoms with van der Waals surface area (Å²) in [6.45, 7) is 2.12. The van der Waals surface area contributed by atoms with Crippen LogP contribution in [0.15, 0.2) is 18.2 Å². The monoisotopic (exact) mass is 298 g/mol. The van der Waals surface area contributed by atoms with Crippen LogP contribution in [0.1, 0.15) is 12.8 Å². The molecule has 1 aliphatic heterocycles. The molecule has 1 fully saturated rings. The Bertz CT molecular complexity index is 489. The Morgan fingerprint density at radius 2 is 2.10 bits per heavy atom. The van der Waals surface area contributed by atoms with Crippen molar-refractivity contribution < 1.29 is 18.3 Å². The minimum absolute atomic E-state index is 0.102. The van der Waals surface area contributed by atoms with E-state index in [0.717, 1.165) is 31.5 Å². The van der Waals surface area contributed by atoms with E-state index in [-0.39, 0.29) is 18.3 Å². The normalized spacial score (nSPS) is 16.0. The average molecular weight is 298 g/mol. The van der Waals surface area contributed by atoms with Crippen LogP contribution in [0.3, 0.4) is 0 Å². The van der Waals surface area contributed by atoms with Crippen LogP contribution in [0.2, 0.25) is 0 Å². The van der Waals surface area contributed by atoms with Crippen molar-refractivity contribution in [3.8, 4) is 5.75 Å². The molecule has 1 amide bonds. The van der Waals surface area contributed by atoms with Gasteiger partial charge in [0.25, 0.3) is 5.91 Å². The number of hydrogen-bond acceptors (Lipinski definition) is 3. The summed E-state index contributed by atoms with van der Waals surface area (Å²) in [5.74, 6) is -1.14. The van der Waals surface area contributed by atoms with E-state index in [0.29, 0.717) is 19.0 Å². The van der Waals surface area contributed by atoms with Gasteiger partial charge >= 0.3 is 0 Å². The lowest BCUT2D eigenvalue weighted by Crippen LogP contribution is -2.42. The largest absolute Gasteiger partial charge is 0.481 e. The van der Waals surface area contributed by atoms with Crippen molar-refractivity contribution >= 4 is 5.91 Å². The van der Waals surface area contributed by atoms with Crippen LogP contribution in [0, 0.1) is 17.6 Å². The highest BCUT2D eigenvalue weighted by Gasteiger charge is 2.22. The zero-order valence-corrected chi connectivity index (χ0v) is 12.1. The van der Waals surface area contributed by atoms with E-state index in [9.17, 15) is 13.6 Å². The molecule has 6 heteroatoms. The van der Waals surface area contributed by atoms with Crippen molar-refractivity contribution in [2.75, 3.05) is 33.3 Å². The number of nitrogens with one attached hydrogen (secondary N) is 1. The van der Waals surface area contributed by atoms with Crippen LogP contribution < -0.4 is 10.1 Å². The summed E-state index contributed by atoms with van der Waals surface area (Å²) in [5, 5.41) is 3.14. The molecule has 1 aliphatic rings. The summed E-state index contributed by atoms with van der Waals surface area (Å²) < 4.78 is 31.3. The van der Waals surface area contributed by atoms with E-state index in [1.165, 1.54) is 6.07 Å². The number of nitrogens with zero attached hydrogens (tertiary/aromatic N) is 1. The molecule has 0 aliphatic carbocycles. The molecule has 1 heterocycles. The SMILES string of the molecule is CNCC1CCN(C(=O)COc2ccc(F)cc2F)CC1. The fraction of sp³-hybridized carbons (Fsp3) is 0.533. The number of piperidine rings is 1. The minimum Gasteiger partial charge on any atom is -0.481 e. The van der Waals surface area contributed by atoms with Gasteiger partial charge in [0.1, 0.15) is 5.82 Å². The lowest BCUT2D eigenvalue weighted by atomic mass is 9.97. The molecule has 1 N–H and O–H groups in total. The smallest absolute Gasteiger partial charge is 0.260 e. The Morgan fingerprint density at radius 3 is 2.71 bits per heavy atom. The van der Waals surface area contributed by atoms with E-state index >= 15 is 0 Å². The van der Waals surface area contributed by atoms with Gasteiger partial charge in [-0.05, 0) is 44.5 Å². The molecule has 1 saturated heterocycles. The van der Waals surface area contributed by atoms with Crippen LogP contribution in [0.4, 0.5) is 8.78 Å². The molecule has 0 unspecified atom stereocenters. The van der Waals surface area contributed by atoms with Crippen LogP contribution in [0.5, 0.6) is 5.75 Å². The number of hydrogen-bond donors (Lipinski definition) is 1. The maximum Gasteiger partial charge on any atom is 0.260 e. The molecule has 2 rings (SSSR count). The predicted molar refractivity (Wildman–Crippen MR) is 75.1 cm³/mol. The molecule has 1 aromatic carbocycles. The van der Waals surface area contributed by atoms with Crippen LogP contribution in [-0.4, -0.2) is 44.1 Å². The number of halogens is 2. The first kappa shape index (κ1) is 15.7. The van der Waals surface area contributed by atoms with Crippen LogP contribution in [-0.2, 0) is 4.79 Å². The number of carbonyl (C=O) groups is 1. The second kappa shape index (κ2) is 7.36. The first-order valence-corrected chi connectivity index (χ1v) is 7.10. The summed E-state index contributed by atoms with van der Waals surface area (Å²) in [6.07, 6.45) is 1.91. The Hall–Kier alpha value is -1.69. The maximum absolute atomic E-state index is 13.4. The third-order valence-corrected chi connectivity index (χ3v) is 3.71. The highest BCUT2D eigenvalue weighted by atomic mass is 19.1. The summed E-state index contributed by atoms with van der Waals surface area (Å²) in [6, 6.07) is 3.03. The number of likely N-dealkylation sites (tertiary alicyclic amines) is 1. The molecular formula is C15H20F2N2O2. The van der Waals surface area contributed by atoms with Gasteiger partial charge in [-0.2, -0.15) is 0 Å². The zero-order chi connectivity index (χ0) is 15.2. The van der Waals surface area contributed by atoms with Gasteiger partial charge in [-0.3, -0.25) is 4.79 Å². The molecule has 116 valence electrons. The molecule has 21 heavy (non-hydrogen) atoms. The van der Waals surface area contributed by atoms with E-state index in [2.05, 4.69) is 5.32 Å². The Labute approximate surface area is 123 Å². The topological polar surface area (TPSA) is 41.6 Å². The Kier molecular flexibility index (Phi) is 5.50. The number of benzene rings is 1. The average Bonchev–Trinajstić information content (AvgIpc) is 2.47. The van der Waals surface area contributed by atoms with Gasteiger partial charge < -0.3 is 15.0 Å². The second-order valence-corrected chi connectivity index (χ2v) is 5.25. The summed E-state index contributed by atoms with van der Waals surface area (Å²) in [5.41, 5.74) is 0. The third-order valence-electron chi connectivity index (χ3n) is 3.71. The maximum atomic E-state index is 13.4. The van der Waals surface area contributed by atoms with Gasteiger partial charge in [-0.15, -0.1) is 0 Å². The molecule has 0 spiro atoms. The highest BCUT2D eigenvalue weighted by molar-refractivity contribution is 5.77. The molecule has 0 saturated carbocycles. The quantitative estimate of drug-likeness (QED) is 0.901. The number of ether oxygens (including phenoxy) is 1. The molecule has 0 bridgehead atoms. The standard InChI is InChI=1S/C15H20F2N2O2/c1-18-9-11-4-6-19(7-5-11)15(20)10-21-14-3-2-12(16)8-13(14)17/h2-3,8,11,18H,4-7,9-10H2,1H3. The third kappa shape index (κ3) is 4.39. The molecule has 0 atom stereocenters. The van der Waals surface area contributed by atoms with Gasteiger partial charge in [0.15, 0.2) is 18.2 Å². The van der Waals surface area contributed by atoms with E-state index < -0.39 is 11.6 Å². The lowest BCUT2D eigenvalue weighted by molar-refractivity contribution is -0.134. The van der Waals surface area contributed by atoms with Crippen LogP contribution in [0.25, 0.3) is 0 Å². The number of rotatable bonds is 5. The fourth-order valence-electron chi connectivity index (χ4n) is 2.50. The molecular weight excluding hydrogens is 278 g/mol. The first-order chi connectivity index (χ1) is 10.1. The van der Waals surface area contributed by atoms with Gasteiger partial charge in [0.2, 0.25) is 0 Å². The van der Waals surface area contributed by atoms with E-state index in [1.807, 2.05) is 7.05 Å². The first-order valence-electron chi connectivity index (χ1n) is 7.10. The molecule has 0 aromatic heterocycles. The predicted octanol–water partition coefficient (Wildman–Crippen LogP) is 1.80. The Balaban J connectivity index is 1.80. The molecule has 1 aromatic rings. The summed E-state index contributed by atoms with van der Waals surface area (Å²) >= 11 is 0. The van der Waals surface area contributed by atoms with Gasteiger partial charge in [-0.25, -0.2) is 8.78 Å². The van der Waals surface area contributed by atoms with E-state index in [4.69, 9.17) is 4.74 Å². The second-order valence-electron chi connectivity index (χ2n) is 5.25. The van der Waals surface area contributed by atoms with Crippen molar-refractivity contribution in [3.63, 3.8) is 0 Å². The van der Waals surface area contributed by atoms with Gasteiger partial charge in [-0.1, -0.05) is 0 Å². The zero-order valence-electron chi connectivity index (χ0n) is 12.1. The minimum atomic E-state index is -0.796. The fourth-order valence-corrected chi connectivity index (χ4v) is 2.50. The van der Waals surface area contributed by atoms with Crippen molar-refractivity contribution in [3.05, 3.63) is 29.8 Å². The van der Waals surface area contributed by atoms with Crippen molar-refractivity contribution in [1.29, 1.82) is 0 Å². The Morgan fingerprint density at radius 1 is 1.38 bits per heavy atom. The van der Waals surface area contributed by atoms with Crippen LogP contribution >= 0.6 is 0 Å². The summed E-state index contributed by atoms with van der Waals surface area (Å²) in [4.78, 5) is 13.7. The molecule has 0 radical (unpaired) electrons. The van der Waals surface area contributed by atoms with Gasteiger partial charge in [0, 0.05) is 19.2 Å². The van der Waals surface area contributed by atoms with E-state index in [1.54, 1.807) is 4.90 Å².